The fourth-order valence-corrected chi connectivity index (χ4v) is 3.24. The maximum Gasteiger partial charge on any atom is 0.325 e. The van der Waals surface area contributed by atoms with Crippen molar-refractivity contribution in [1.82, 2.24) is 4.90 Å². The van der Waals surface area contributed by atoms with Crippen LogP contribution in [0.1, 0.15) is 18.9 Å². The van der Waals surface area contributed by atoms with Gasteiger partial charge in [-0.3, -0.25) is 14.5 Å². The van der Waals surface area contributed by atoms with Gasteiger partial charge in [-0.05, 0) is 19.1 Å². The number of carbonyl (C=O) groups is 2. The van der Waals surface area contributed by atoms with Crippen molar-refractivity contribution in [2.24, 2.45) is 0 Å². The number of esters is 1. The van der Waals surface area contributed by atoms with Crippen LogP contribution in [-0.4, -0.2) is 29.9 Å². The van der Waals surface area contributed by atoms with Gasteiger partial charge in [-0.25, -0.2) is 0 Å². The lowest BCUT2D eigenvalue weighted by molar-refractivity contribution is -0.199. The Morgan fingerprint density at radius 1 is 1.15 bits per heavy atom. The van der Waals surface area contributed by atoms with E-state index in [2.05, 4.69) is 0 Å². The second-order valence-corrected chi connectivity index (χ2v) is 6.55. The summed E-state index contributed by atoms with van der Waals surface area (Å²) < 4.78 is 11.2. The fourth-order valence-electron chi connectivity index (χ4n) is 2.91. The maximum absolute atomic E-state index is 12.3. The Morgan fingerprint density at radius 2 is 1.88 bits per heavy atom. The Labute approximate surface area is 161 Å². The van der Waals surface area contributed by atoms with Crippen LogP contribution >= 0.6 is 23.2 Å². The van der Waals surface area contributed by atoms with Crippen molar-refractivity contribution in [1.29, 1.82) is 0 Å². The first-order valence-corrected chi connectivity index (χ1v) is 8.88. The molecule has 0 spiro atoms. The van der Waals surface area contributed by atoms with Gasteiger partial charge in [-0.15, -0.1) is 0 Å². The predicted molar refractivity (Wildman–Crippen MR) is 98.2 cm³/mol. The highest BCUT2D eigenvalue weighted by Gasteiger charge is 2.55. The molecular weight excluding hydrogens is 377 g/mol. The van der Waals surface area contributed by atoms with Crippen molar-refractivity contribution < 1.29 is 19.1 Å². The zero-order valence-corrected chi connectivity index (χ0v) is 15.6. The van der Waals surface area contributed by atoms with Gasteiger partial charge in [0.15, 0.2) is 0 Å². The van der Waals surface area contributed by atoms with Gasteiger partial charge in [0, 0.05) is 5.56 Å². The van der Waals surface area contributed by atoms with Crippen LogP contribution in [0.15, 0.2) is 48.5 Å². The number of halogens is 2. The number of hydrogen-bond acceptors (Lipinski definition) is 4. The van der Waals surface area contributed by atoms with E-state index < -0.39 is 11.7 Å². The molecule has 1 aliphatic rings. The molecule has 5 nitrogen and oxygen atoms in total. The van der Waals surface area contributed by atoms with Gasteiger partial charge < -0.3 is 9.47 Å². The summed E-state index contributed by atoms with van der Waals surface area (Å²) in [5, 5.41) is 0.592. The first kappa shape index (κ1) is 18.5. The quantitative estimate of drug-likeness (QED) is 0.549. The number of benzene rings is 2. The van der Waals surface area contributed by atoms with Crippen LogP contribution in [-0.2, 0) is 20.1 Å². The average Bonchev–Trinajstić information content (AvgIpc) is 2.64. The summed E-state index contributed by atoms with van der Waals surface area (Å²) in [6, 6.07) is 14.2. The number of amides is 1. The molecule has 26 heavy (non-hydrogen) atoms. The maximum atomic E-state index is 12.3. The smallest absolute Gasteiger partial charge is 0.325 e. The molecule has 1 aliphatic heterocycles. The van der Waals surface area contributed by atoms with Crippen molar-refractivity contribution in [3.8, 4) is 5.75 Å². The number of likely N-dealkylation sites (tertiary alicyclic amines) is 1. The summed E-state index contributed by atoms with van der Waals surface area (Å²) in [5.74, 6) is -0.369. The molecule has 2 aromatic rings. The van der Waals surface area contributed by atoms with Crippen LogP contribution in [0, 0.1) is 0 Å². The van der Waals surface area contributed by atoms with Crippen LogP contribution in [0.25, 0.3) is 0 Å². The van der Waals surface area contributed by atoms with E-state index in [1.165, 1.54) is 4.90 Å². The lowest BCUT2D eigenvalue weighted by Crippen LogP contribution is -2.65. The Hall–Kier alpha value is -2.24. The summed E-state index contributed by atoms with van der Waals surface area (Å²) in [5.41, 5.74) is -0.403. The van der Waals surface area contributed by atoms with Crippen molar-refractivity contribution in [2.75, 3.05) is 13.2 Å². The van der Waals surface area contributed by atoms with Crippen molar-refractivity contribution in [3.63, 3.8) is 0 Å². The van der Waals surface area contributed by atoms with E-state index in [4.69, 9.17) is 32.7 Å². The number of nitrogens with zero attached hydrogens (tertiary/aromatic N) is 1. The van der Waals surface area contributed by atoms with Crippen LogP contribution in [0.2, 0.25) is 10.0 Å². The molecule has 0 aliphatic carbocycles. The van der Waals surface area contributed by atoms with Gasteiger partial charge in [0.2, 0.25) is 11.6 Å². The Balaban J connectivity index is 1.99. The van der Waals surface area contributed by atoms with Crippen LogP contribution in [0.5, 0.6) is 5.75 Å². The molecule has 7 heteroatoms. The number of ether oxygens (including phenoxy) is 2. The number of carbonyl (C=O) groups excluding carboxylic acids is 2. The zero-order chi connectivity index (χ0) is 18.7. The number of rotatable bonds is 6. The highest BCUT2D eigenvalue weighted by Crippen LogP contribution is 2.45. The molecule has 3 rings (SSSR count). The Morgan fingerprint density at radius 3 is 2.54 bits per heavy atom. The summed E-state index contributed by atoms with van der Waals surface area (Å²) in [7, 11) is 0. The number of β-lactam (4-membered cyclic amide) rings is 1. The third kappa shape index (κ3) is 3.37. The lowest BCUT2D eigenvalue weighted by Gasteiger charge is -2.50. The van der Waals surface area contributed by atoms with Crippen LogP contribution < -0.4 is 4.74 Å². The molecular formula is C19H17Cl2NO4. The minimum Gasteiger partial charge on any atom is -0.465 e. The summed E-state index contributed by atoms with van der Waals surface area (Å²) in [4.78, 5) is 25.6. The minimum atomic E-state index is -1.14. The summed E-state index contributed by atoms with van der Waals surface area (Å²) in [6.45, 7) is 1.74. The van der Waals surface area contributed by atoms with Gasteiger partial charge in [-0.1, -0.05) is 59.6 Å². The number of hydrogen-bond donors (Lipinski definition) is 0. The topological polar surface area (TPSA) is 55.8 Å². The van der Waals surface area contributed by atoms with E-state index in [9.17, 15) is 9.59 Å². The molecule has 136 valence electrons. The Kier molecular flexibility index (Phi) is 5.39. The molecule has 0 aromatic heterocycles. The molecule has 1 fully saturated rings. The molecule has 1 unspecified atom stereocenters. The first-order chi connectivity index (χ1) is 12.5. The first-order valence-electron chi connectivity index (χ1n) is 8.12. The van der Waals surface area contributed by atoms with Crippen LogP contribution in [0.4, 0.5) is 0 Å². The van der Waals surface area contributed by atoms with Gasteiger partial charge >= 0.3 is 5.97 Å². The molecule has 0 saturated carbocycles. The summed E-state index contributed by atoms with van der Waals surface area (Å²) >= 11 is 12.3. The highest BCUT2D eigenvalue weighted by molar-refractivity contribution is 6.42. The molecule has 2 aromatic carbocycles. The van der Waals surface area contributed by atoms with Gasteiger partial charge in [0.1, 0.15) is 17.3 Å². The minimum absolute atomic E-state index is 0.0826. The standard InChI is InChI=1S/C19H17Cl2NO4/c1-2-25-17(24)12-22-16(23)11-19(22,13-7-4-3-5-8-13)26-15-10-6-9-14(20)18(15)21/h3-10H,2,11-12H2,1H3. The normalized spacial score (nSPS) is 19.0. The van der Waals surface area contributed by atoms with Gasteiger partial charge in [-0.2, -0.15) is 0 Å². The SMILES string of the molecule is CCOC(=O)CN1C(=O)CC1(Oc1cccc(Cl)c1Cl)c1ccccc1. The molecule has 0 radical (unpaired) electrons. The predicted octanol–water partition coefficient (Wildman–Crippen LogP) is 4.02. The second-order valence-electron chi connectivity index (χ2n) is 5.77. The van der Waals surface area contributed by atoms with Crippen molar-refractivity contribution >= 4 is 35.1 Å². The molecule has 1 saturated heterocycles. The fraction of sp³-hybridized carbons (Fsp3) is 0.263. The largest absolute Gasteiger partial charge is 0.465 e. The molecule has 1 amide bonds. The molecule has 1 atom stereocenters. The summed E-state index contributed by atoms with van der Waals surface area (Å²) in [6.07, 6.45) is 0.0826. The molecule has 1 heterocycles. The lowest BCUT2D eigenvalue weighted by atomic mass is 9.88. The van der Waals surface area contributed by atoms with Crippen LogP contribution in [0.3, 0.4) is 0 Å². The monoisotopic (exact) mass is 393 g/mol. The van der Waals surface area contributed by atoms with Gasteiger partial charge in [0.25, 0.3) is 0 Å². The van der Waals surface area contributed by atoms with E-state index >= 15 is 0 Å². The van der Waals surface area contributed by atoms with E-state index in [1.807, 2.05) is 30.3 Å². The zero-order valence-electron chi connectivity index (χ0n) is 14.1. The molecule has 0 N–H and O–H groups in total. The van der Waals surface area contributed by atoms with E-state index in [-0.39, 0.29) is 30.5 Å². The third-order valence-electron chi connectivity index (χ3n) is 4.14. The van der Waals surface area contributed by atoms with E-state index in [0.29, 0.717) is 10.8 Å². The Bertz CT molecular complexity index is 828. The second kappa shape index (κ2) is 7.56. The van der Waals surface area contributed by atoms with Crippen molar-refractivity contribution in [2.45, 2.75) is 19.1 Å². The third-order valence-corrected chi connectivity index (χ3v) is 4.94. The average molecular weight is 394 g/mol. The van der Waals surface area contributed by atoms with Crippen molar-refractivity contribution in [3.05, 3.63) is 64.1 Å². The van der Waals surface area contributed by atoms with E-state index in [1.54, 1.807) is 25.1 Å². The highest BCUT2D eigenvalue weighted by atomic mass is 35.5. The van der Waals surface area contributed by atoms with Gasteiger partial charge in [0.05, 0.1) is 18.1 Å². The molecule has 0 bridgehead atoms. The van der Waals surface area contributed by atoms with E-state index in [0.717, 1.165) is 5.56 Å².